The number of ether oxygens (including phenoxy) is 1. The van der Waals surface area contributed by atoms with Crippen molar-refractivity contribution in [3.05, 3.63) is 42.1 Å². The number of hydrogen-bond donors (Lipinski definition) is 0. The molecule has 4 heterocycles. The van der Waals surface area contributed by atoms with Crippen LogP contribution in [0.15, 0.2) is 24.7 Å². The zero-order valence-electron chi connectivity index (χ0n) is 21.5. The van der Waals surface area contributed by atoms with Crippen LogP contribution < -0.4 is 9.80 Å². The number of nitrogens with zero attached hydrogens (tertiary/aromatic N) is 6. The van der Waals surface area contributed by atoms with E-state index in [4.69, 9.17) is 4.74 Å². The third kappa shape index (κ3) is 4.78. The van der Waals surface area contributed by atoms with Gasteiger partial charge in [0, 0.05) is 57.1 Å². The minimum Gasteiger partial charge on any atom is -0.444 e. The lowest BCUT2D eigenvalue weighted by atomic mass is 10.1. The molecule has 198 valence electrons. The Hall–Kier alpha value is -3.50. The van der Waals surface area contributed by atoms with E-state index in [1.54, 1.807) is 15.7 Å². The second-order valence-corrected chi connectivity index (χ2v) is 10.7. The topological polar surface area (TPSA) is 66.7 Å². The Morgan fingerprint density at radius 3 is 2.32 bits per heavy atom. The molecule has 0 spiro atoms. The van der Waals surface area contributed by atoms with Gasteiger partial charge in [-0.05, 0) is 40.5 Å². The maximum Gasteiger partial charge on any atom is 0.410 e. The molecule has 2 aliphatic heterocycles. The highest BCUT2D eigenvalue weighted by Gasteiger charge is 2.33. The molecule has 2 aromatic heterocycles. The Bertz CT molecular complexity index is 1310. The van der Waals surface area contributed by atoms with Crippen molar-refractivity contribution < 1.29 is 22.7 Å². The standard InChI is InChI=1S/C26H31F3N6O2/c1-16-13-33(25(36)37-26(2,3)4)9-10-34(16)23-21-20(32-7-5-6-8-32)14-35(24(21)31-15-30-23)17-11-18(27)22(29)19(28)12-17/h11-12,14-16H,5-10,13H2,1-4H3. The van der Waals surface area contributed by atoms with Gasteiger partial charge in [0.05, 0.1) is 16.8 Å². The molecule has 3 aromatic rings. The van der Waals surface area contributed by atoms with Crippen LogP contribution in [-0.4, -0.2) is 69.9 Å². The SMILES string of the molecule is CC1CN(C(=O)OC(C)(C)C)CCN1c1ncnc2c1c(N1CCCC1)cn2-c1cc(F)c(F)c(F)c1. The highest BCUT2D eigenvalue weighted by atomic mass is 19.2. The summed E-state index contributed by atoms with van der Waals surface area (Å²) in [4.78, 5) is 27.8. The van der Waals surface area contributed by atoms with Crippen molar-refractivity contribution >= 4 is 28.6 Å². The Morgan fingerprint density at radius 1 is 1.03 bits per heavy atom. The number of rotatable bonds is 3. The highest BCUT2D eigenvalue weighted by Crippen LogP contribution is 2.39. The molecule has 0 saturated carbocycles. The molecule has 11 heteroatoms. The average molecular weight is 517 g/mol. The molecule has 1 aromatic carbocycles. The maximum atomic E-state index is 14.1. The molecule has 1 unspecified atom stereocenters. The van der Waals surface area contributed by atoms with Gasteiger partial charge in [0.1, 0.15) is 17.7 Å². The molecule has 0 N–H and O–H groups in total. The molecule has 2 fully saturated rings. The molecular weight excluding hydrogens is 485 g/mol. The van der Waals surface area contributed by atoms with E-state index in [9.17, 15) is 18.0 Å². The van der Waals surface area contributed by atoms with Crippen LogP contribution in [0.5, 0.6) is 0 Å². The summed E-state index contributed by atoms with van der Waals surface area (Å²) >= 11 is 0. The van der Waals surface area contributed by atoms with Crippen LogP contribution in [0, 0.1) is 17.5 Å². The van der Waals surface area contributed by atoms with E-state index >= 15 is 0 Å². The van der Waals surface area contributed by atoms with Crippen LogP contribution in [0.3, 0.4) is 0 Å². The van der Waals surface area contributed by atoms with Crippen molar-refractivity contribution in [3.63, 3.8) is 0 Å². The van der Waals surface area contributed by atoms with Gasteiger partial charge in [-0.15, -0.1) is 0 Å². The van der Waals surface area contributed by atoms with E-state index < -0.39 is 23.1 Å². The lowest BCUT2D eigenvalue weighted by molar-refractivity contribution is 0.0218. The van der Waals surface area contributed by atoms with Crippen LogP contribution in [0.25, 0.3) is 16.7 Å². The average Bonchev–Trinajstić information content (AvgIpc) is 3.49. The number of piperazine rings is 1. The number of halogens is 3. The Balaban J connectivity index is 1.56. The fraction of sp³-hybridized carbons (Fsp3) is 0.500. The summed E-state index contributed by atoms with van der Waals surface area (Å²) in [6, 6.07) is 1.86. The summed E-state index contributed by atoms with van der Waals surface area (Å²) in [5.41, 5.74) is 0.886. The molecule has 37 heavy (non-hydrogen) atoms. The summed E-state index contributed by atoms with van der Waals surface area (Å²) < 4.78 is 49.1. The lowest BCUT2D eigenvalue weighted by Crippen LogP contribution is -2.54. The normalized spacial score (nSPS) is 18.7. The van der Waals surface area contributed by atoms with Crippen LogP contribution in [-0.2, 0) is 4.74 Å². The van der Waals surface area contributed by atoms with Gasteiger partial charge in [-0.25, -0.2) is 27.9 Å². The van der Waals surface area contributed by atoms with Crippen LogP contribution in [0.2, 0.25) is 0 Å². The van der Waals surface area contributed by atoms with E-state index in [0.717, 1.165) is 49.1 Å². The molecule has 0 radical (unpaired) electrons. The molecular formula is C26H31F3N6O2. The fourth-order valence-electron chi connectivity index (χ4n) is 5.09. The van der Waals surface area contributed by atoms with Crippen molar-refractivity contribution in [2.75, 3.05) is 42.5 Å². The van der Waals surface area contributed by atoms with E-state index in [-0.39, 0.29) is 17.8 Å². The Labute approximate surface area is 213 Å². The van der Waals surface area contributed by atoms with Crippen molar-refractivity contribution in [1.82, 2.24) is 19.4 Å². The van der Waals surface area contributed by atoms with E-state index in [0.29, 0.717) is 31.1 Å². The van der Waals surface area contributed by atoms with Gasteiger partial charge in [-0.3, -0.25) is 4.57 Å². The van der Waals surface area contributed by atoms with Crippen LogP contribution >= 0.6 is 0 Å². The number of carbonyl (C=O) groups is 1. The summed E-state index contributed by atoms with van der Waals surface area (Å²) in [5, 5.41) is 0.757. The van der Waals surface area contributed by atoms with Gasteiger partial charge in [0.25, 0.3) is 0 Å². The number of amides is 1. The first kappa shape index (κ1) is 25.2. The van der Waals surface area contributed by atoms with E-state index in [1.807, 2.05) is 27.7 Å². The smallest absolute Gasteiger partial charge is 0.410 e. The van der Waals surface area contributed by atoms with Gasteiger partial charge >= 0.3 is 6.09 Å². The zero-order valence-corrected chi connectivity index (χ0v) is 21.5. The summed E-state index contributed by atoms with van der Waals surface area (Å²) in [6.07, 6.45) is 4.92. The molecule has 1 amide bonds. The predicted molar refractivity (Wildman–Crippen MR) is 135 cm³/mol. The zero-order chi connectivity index (χ0) is 26.5. The molecule has 0 bridgehead atoms. The second-order valence-electron chi connectivity index (χ2n) is 10.7. The Kier molecular flexibility index (Phi) is 6.41. The molecule has 2 saturated heterocycles. The monoisotopic (exact) mass is 516 g/mol. The highest BCUT2D eigenvalue weighted by molar-refractivity contribution is 6.01. The first-order valence-corrected chi connectivity index (χ1v) is 12.5. The Morgan fingerprint density at radius 2 is 1.70 bits per heavy atom. The van der Waals surface area contributed by atoms with E-state index in [2.05, 4.69) is 19.8 Å². The van der Waals surface area contributed by atoms with Crippen LogP contribution in [0.1, 0.15) is 40.5 Å². The van der Waals surface area contributed by atoms with Gasteiger partial charge in [0.15, 0.2) is 23.1 Å². The maximum absolute atomic E-state index is 14.1. The van der Waals surface area contributed by atoms with Crippen molar-refractivity contribution in [3.8, 4) is 5.69 Å². The minimum absolute atomic E-state index is 0.0742. The molecule has 5 rings (SSSR count). The van der Waals surface area contributed by atoms with Gasteiger partial charge in [-0.2, -0.15) is 0 Å². The summed E-state index contributed by atoms with van der Waals surface area (Å²) in [7, 11) is 0. The quantitative estimate of drug-likeness (QED) is 0.462. The largest absolute Gasteiger partial charge is 0.444 e. The lowest BCUT2D eigenvalue weighted by Gasteiger charge is -2.41. The summed E-state index contributed by atoms with van der Waals surface area (Å²) in [6.45, 7) is 10.6. The van der Waals surface area contributed by atoms with Crippen molar-refractivity contribution in [1.29, 1.82) is 0 Å². The molecule has 1 atom stereocenters. The number of aromatic nitrogens is 3. The van der Waals surface area contributed by atoms with Crippen molar-refractivity contribution in [2.45, 2.75) is 52.2 Å². The number of carbonyl (C=O) groups excluding carboxylic acids is 1. The summed E-state index contributed by atoms with van der Waals surface area (Å²) in [5.74, 6) is -3.35. The third-order valence-corrected chi connectivity index (χ3v) is 6.79. The van der Waals surface area contributed by atoms with Crippen molar-refractivity contribution in [2.24, 2.45) is 0 Å². The number of fused-ring (bicyclic) bond motifs is 1. The predicted octanol–water partition coefficient (Wildman–Crippen LogP) is 4.88. The first-order chi connectivity index (χ1) is 17.5. The van der Waals surface area contributed by atoms with Gasteiger partial charge in [0.2, 0.25) is 0 Å². The van der Waals surface area contributed by atoms with Gasteiger partial charge < -0.3 is 19.4 Å². The first-order valence-electron chi connectivity index (χ1n) is 12.5. The number of hydrogen-bond acceptors (Lipinski definition) is 6. The molecule has 0 aliphatic carbocycles. The minimum atomic E-state index is -1.51. The number of anilines is 2. The van der Waals surface area contributed by atoms with E-state index in [1.165, 1.54) is 6.33 Å². The third-order valence-electron chi connectivity index (χ3n) is 6.79. The second kappa shape index (κ2) is 9.42. The number of benzene rings is 1. The fourth-order valence-corrected chi connectivity index (χ4v) is 5.09. The van der Waals surface area contributed by atoms with Gasteiger partial charge in [-0.1, -0.05) is 0 Å². The molecule has 8 nitrogen and oxygen atoms in total. The van der Waals surface area contributed by atoms with Crippen LogP contribution in [0.4, 0.5) is 29.5 Å². The molecule has 2 aliphatic rings.